The molecular weight excluding hydrogens is 448 g/mol. The van der Waals surface area contributed by atoms with Crippen molar-refractivity contribution >= 4 is 23.4 Å². The SMILES string of the molecule is CC[C@H](C(=O)NC1CCCCC1)N(Cc1ccccc1Cl)C(=O)CCCOc1ccc(C)cc1. The van der Waals surface area contributed by atoms with Crippen LogP contribution in [0.3, 0.4) is 0 Å². The molecule has 0 heterocycles. The van der Waals surface area contributed by atoms with Crippen LogP contribution in [0.15, 0.2) is 48.5 Å². The lowest BCUT2D eigenvalue weighted by Gasteiger charge is -2.33. The Bertz CT molecular complexity index is 926. The van der Waals surface area contributed by atoms with E-state index < -0.39 is 6.04 Å². The minimum Gasteiger partial charge on any atom is -0.494 e. The van der Waals surface area contributed by atoms with Crippen LogP contribution in [0.1, 0.15) is 69.4 Å². The lowest BCUT2D eigenvalue weighted by atomic mass is 9.95. The maximum atomic E-state index is 13.4. The number of carbonyl (C=O) groups excluding carboxylic acids is 2. The molecule has 34 heavy (non-hydrogen) atoms. The predicted octanol–water partition coefficient (Wildman–Crippen LogP) is 6.06. The number of rotatable bonds is 11. The molecule has 0 bridgehead atoms. The van der Waals surface area contributed by atoms with Crippen LogP contribution in [0.5, 0.6) is 5.75 Å². The fraction of sp³-hybridized carbons (Fsp3) is 0.500. The van der Waals surface area contributed by atoms with Gasteiger partial charge in [-0.2, -0.15) is 0 Å². The van der Waals surface area contributed by atoms with Gasteiger partial charge in [0.05, 0.1) is 6.61 Å². The lowest BCUT2D eigenvalue weighted by molar-refractivity contribution is -0.142. The smallest absolute Gasteiger partial charge is 0.243 e. The number of nitrogens with one attached hydrogen (secondary N) is 1. The van der Waals surface area contributed by atoms with Gasteiger partial charge in [0.15, 0.2) is 0 Å². The Morgan fingerprint density at radius 3 is 2.47 bits per heavy atom. The second-order valence-electron chi connectivity index (χ2n) is 9.15. The molecule has 2 amide bonds. The van der Waals surface area contributed by atoms with Gasteiger partial charge >= 0.3 is 0 Å². The first-order valence-corrected chi connectivity index (χ1v) is 12.9. The van der Waals surface area contributed by atoms with E-state index in [-0.39, 0.29) is 17.9 Å². The van der Waals surface area contributed by atoms with Gasteiger partial charge in [0.25, 0.3) is 0 Å². The maximum absolute atomic E-state index is 13.4. The topological polar surface area (TPSA) is 58.6 Å². The summed E-state index contributed by atoms with van der Waals surface area (Å²) >= 11 is 6.40. The first-order valence-electron chi connectivity index (χ1n) is 12.5. The van der Waals surface area contributed by atoms with Crippen molar-refractivity contribution in [3.63, 3.8) is 0 Å². The van der Waals surface area contributed by atoms with E-state index in [1.165, 1.54) is 12.0 Å². The zero-order valence-corrected chi connectivity index (χ0v) is 21.2. The minimum absolute atomic E-state index is 0.0573. The number of ether oxygens (including phenoxy) is 1. The summed E-state index contributed by atoms with van der Waals surface area (Å²) in [6, 6.07) is 15.1. The van der Waals surface area contributed by atoms with Gasteiger partial charge < -0.3 is 15.0 Å². The summed E-state index contributed by atoms with van der Waals surface area (Å²) in [5.41, 5.74) is 2.02. The highest BCUT2D eigenvalue weighted by Crippen LogP contribution is 2.22. The molecule has 3 rings (SSSR count). The summed E-state index contributed by atoms with van der Waals surface area (Å²) < 4.78 is 5.79. The van der Waals surface area contributed by atoms with Gasteiger partial charge in [0.1, 0.15) is 11.8 Å². The lowest BCUT2D eigenvalue weighted by Crippen LogP contribution is -2.51. The van der Waals surface area contributed by atoms with Crippen LogP contribution in [-0.4, -0.2) is 35.4 Å². The molecule has 0 aromatic heterocycles. The summed E-state index contributed by atoms with van der Waals surface area (Å²) in [5, 5.41) is 3.81. The van der Waals surface area contributed by atoms with Crippen LogP contribution in [0.4, 0.5) is 0 Å². The van der Waals surface area contributed by atoms with E-state index in [4.69, 9.17) is 16.3 Å². The number of aryl methyl sites for hydroxylation is 1. The Morgan fingerprint density at radius 1 is 1.09 bits per heavy atom. The third kappa shape index (κ3) is 7.76. The van der Waals surface area contributed by atoms with Crippen LogP contribution >= 0.6 is 11.6 Å². The average molecular weight is 485 g/mol. The number of halogens is 1. The van der Waals surface area contributed by atoms with Crippen LogP contribution in [0.2, 0.25) is 5.02 Å². The quantitative estimate of drug-likeness (QED) is 0.394. The molecule has 5 nitrogen and oxygen atoms in total. The number of hydrogen-bond donors (Lipinski definition) is 1. The molecular formula is C28H37ClN2O3. The predicted molar refractivity (Wildman–Crippen MR) is 137 cm³/mol. The first-order chi connectivity index (χ1) is 16.5. The minimum atomic E-state index is -0.524. The Hall–Kier alpha value is -2.53. The molecule has 0 spiro atoms. The summed E-state index contributed by atoms with van der Waals surface area (Å²) in [6.07, 6.45) is 6.97. The standard InChI is InChI=1S/C28H37ClN2O3/c1-3-26(28(33)30-23-11-5-4-6-12-23)31(20-22-10-7-8-13-25(22)29)27(32)14-9-19-34-24-17-15-21(2)16-18-24/h7-8,10,13,15-18,23,26H,3-6,9,11-12,14,19-20H2,1-2H3,(H,30,33)/t26-/m1/s1. The molecule has 1 aliphatic rings. The summed E-state index contributed by atoms with van der Waals surface area (Å²) in [5.74, 6) is 0.674. The molecule has 0 radical (unpaired) electrons. The highest BCUT2D eigenvalue weighted by molar-refractivity contribution is 6.31. The Balaban J connectivity index is 1.65. The van der Waals surface area contributed by atoms with Crippen molar-refractivity contribution in [2.45, 2.75) is 83.8 Å². The van der Waals surface area contributed by atoms with Gasteiger partial charge in [-0.05, 0) is 56.4 Å². The van der Waals surface area contributed by atoms with E-state index in [9.17, 15) is 9.59 Å². The second-order valence-corrected chi connectivity index (χ2v) is 9.55. The van der Waals surface area contributed by atoms with E-state index in [1.54, 1.807) is 4.90 Å². The van der Waals surface area contributed by atoms with Crippen molar-refractivity contribution in [1.29, 1.82) is 0 Å². The van der Waals surface area contributed by atoms with Crippen LogP contribution in [0, 0.1) is 6.92 Å². The zero-order chi connectivity index (χ0) is 24.3. The van der Waals surface area contributed by atoms with Gasteiger partial charge in [0, 0.05) is 24.0 Å². The van der Waals surface area contributed by atoms with E-state index in [1.807, 2.05) is 62.4 Å². The molecule has 1 N–H and O–H groups in total. The summed E-state index contributed by atoms with van der Waals surface area (Å²) in [6.45, 7) is 4.75. The average Bonchev–Trinajstić information content (AvgIpc) is 2.84. The van der Waals surface area contributed by atoms with Crippen molar-refractivity contribution in [3.05, 3.63) is 64.7 Å². The Kier molecular flexibility index (Phi) is 10.3. The summed E-state index contributed by atoms with van der Waals surface area (Å²) in [7, 11) is 0. The van der Waals surface area contributed by atoms with Gasteiger partial charge in [-0.3, -0.25) is 9.59 Å². The molecule has 1 aliphatic carbocycles. The molecule has 0 saturated heterocycles. The van der Waals surface area contributed by atoms with Crippen molar-refractivity contribution < 1.29 is 14.3 Å². The van der Waals surface area contributed by atoms with Crippen molar-refractivity contribution in [2.75, 3.05) is 6.61 Å². The monoisotopic (exact) mass is 484 g/mol. The van der Waals surface area contributed by atoms with Gasteiger partial charge in [-0.15, -0.1) is 0 Å². The molecule has 2 aromatic rings. The molecule has 1 atom stereocenters. The molecule has 1 saturated carbocycles. The van der Waals surface area contributed by atoms with Crippen LogP contribution in [-0.2, 0) is 16.1 Å². The third-order valence-electron chi connectivity index (χ3n) is 6.46. The van der Waals surface area contributed by atoms with E-state index in [2.05, 4.69) is 5.32 Å². The largest absolute Gasteiger partial charge is 0.494 e. The Labute approximate surface area is 208 Å². The molecule has 2 aromatic carbocycles. The fourth-order valence-corrected chi connectivity index (χ4v) is 4.66. The number of carbonyl (C=O) groups is 2. The molecule has 1 fully saturated rings. The van der Waals surface area contributed by atoms with Crippen molar-refractivity contribution in [2.24, 2.45) is 0 Å². The van der Waals surface area contributed by atoms with Gasteiger partial charge in [-0.25, -0.2) is 0 Å². The molecule has 6 heteroatoms. The van der Waals surface area contributed by atoms with Crippen molar-refractivity contribution in [3.8, 4) is 5.75 Å². The molecule has 0 unspecified atom stereocenters. The molecule has 0 aliphatic heterocycles. The number of nitrogens with zero attached hydrogens (tertiary/aromatic N) is 1. The first kappa shape index (κ1) is 26.1. The number of amides is 2. The highest BCUT2D eigenvalue weighted by atomic mass is 35.5. The third-order valence-corrected chi connectivity index (χ3v) is 6.83. The van der Waals surface area contributed by atoms with Crippen LogP contribution < -0.4 is 10.1 Å². The highest BCUT2D eigenvalue weighted by Gasteiger charge is 2.30. The molecule has 184 valence electrons. The van der Waals surface area contributed by atoms with E-state index >= 15 is 0 Å². The van der Waals surface area contributed by atoms with Gasteiger partial charge in [-0.1, -0.05) is 73.7 Å². The fourth-order valence-electron chi connectivity index (χ4n) is 4.47. The van der Waals surface area contributed by atoms with Crippen molar-refractivity contribution in [1.82, 2.24) is 10.2 Å². The van der Waals surface area contributed by atoms with Crippen LogP contribution in [0.25, 0.3) is 0 Å². The van der Waals surface area contributed by atoms with E-state index in [0.717, 1.165) is 37.0 Å². The maximum Gasteiger partial charge on any atom is 0.243 e. The van der Waals surface area contributed by atoms with E-state index in [0.29, 0.717) is 37.4 Å². The van der Waals surface area contributed by atoms with Gasteiger partial charge in [0.2, 0.25) is 11.8 Å². The zero-order valence-electron chi connectivity index (χ0n) is 20.4. The summed E-state index contributed by atoms with van der Waals surface area (Å²) in [4.78, 5) is 28.3. The number of benzene rings is 2. The number of hydrogen-bond acceptors (Lipinski definition) is 3. The normalized spacial score (nSPS) is 14.9. The Morgan fingerprint density at radius 2 is 1.79 bits per heavy atom. The second kappa shape index (κ2) is 13.4.